The molecule has 0 aliphatic heterocycles. The second kappa shape index (κ2) is 6.77. The van der Waals surface area contributed by atoms with Gasteiger partial charge in [-0.15, -0.1) is 0 Å². The molecule has 1 amide bonds. The van der Waals surface area contributed by atoms with E-state index < -0.39 is 0 Å². The Balaban J connectivity index is 3.03. The van der Waals surface area contributed by atoms with Gasteiger partial charge in [0.1, 0.15) is 0 Å². The Morgan fingerprint density at radius 1 is 1.31 bits per heavy atom. The van der Waals surface area contributed by atoms with Gasteiger partial charge in [0.15, 0.2) is 0 Å². The van der Waals surface area contributed by atoms with Crippen LogP contribution in [0.1, 0.15) is 10.4 Å². The van der Waals surface area contributed by atoms with Gasteiger partial charge in [0, 0.05) is 33.9 Å². The van der Waals surface area contributed by atoms with E-state index >= 15 is 0 Å². The third-order valence-corrected chi connectivity index (χ3v) is 2.98. The third-order valence-electron chi connectivity index (χ3n) is 1.68. The molecule has 0 aliphatic carbocycles. The van der Waals surface area contributed by atoms with E-state index in [1.165, 1.54) is 19.2 Å². The van der Waals surface area contributed by atoms with Crippen LogP contribution in [0.15, 0.2) is 28.0 Å². The highest BCUT2D eigenvalue weighted by Crippen LogP contribution is 2.28. The van der Waals surface area contributed by atoms with E-state index in [0.29, 0.717) is 10.5 Å². The van der Waals surface area contributed by atoms with Crippen molar-refractivity contribution in [3.8, 4) is 0 Å². The molecule has 0 saturated carbocycles. The van der Waals surface area contributed by atoms with E-state index in [0.717, 1.165) is 16.9 Å². The van der Waals surface area contributed by atoms with Gasteiger partial charge < -0.3 is 8.37 Å². The zero-order valence-corrected chi connectivity index (χ0v) is 10.5. The zero-order chi connectivity index (χ0) is 12.0. The fourth-order valence-electron chi connectivity index (χ4n) is 1.07. The highest BCUT2D eigenvalue weighted by molar-refractivity contribution is 7.95. The summed E-state index contributed by atoms with van der Waals surface area (Å²) in [5.41, 5.74) is 2.55. The number of benzene rings is 1. The summed E-state index contributed by atoms with van der Waals surface area (Å²) < 4.78 is 9.87. The van der Waals surface area contributed by atoms with Crippen molar-refractivity contribution in [1.82, 2.24) is 5.43 Å². The molecule has 1 aromatic carbocycles. The first-order chi connectivity index (χ1) is 7.72. The number of nitrogens with two attached hydrogens (primary N) is 1. The van der Waals surface area contributed by atoms with Crippen LogP contribution in [0, 0.1) is 0 Å². The van der Waals surface area contributed by atoms with Gasteiger partial charge in [-0.05, 0) is 18.2 Å². The summed E-state index contributed by atoms with van der Waals surface area (Å²) >= 11 is 2.31. The van der Waals surface area contributed by atoms with Crippen LogP contribution in [0.5, 0.6) is 0 Å². The van der Waals surface area contributed by atoms with Crippen molar-refractivity contribution >= 4 is 30.0 Å². The number of amides is 1. The normalized spacial score (nSPS) is 10.2. The molecule has 3 N–H and O–H groups in total. The summed E-state index contributed by atoms with van der Waals surface area (Å²) in [6, 6.07) is 5.25. The molecule has 0 aliphatic rings. The average Bonchev–Trinajstić information content (AvgIpc) is 2.29. The minimum Gasteiger partial charge on any atom is -0.314 e. The lowest BCUT2D eigenvalue weighted by Crippen LogP contribution is -2.30. The molecular weight excluding hydrogens is 248 g/mol. The van der Waals surface area contributed by atoms with Gasteiger partial charge in [0.05, 0.1) is 19.8 Å². The molecule has 0 spiro atoms. The van der Waals surface area contributed by atoms with Crippen LogP contribution in [-0.4, -0.2) is 20.1 Å². The first-order valence-electron chi connectivity index (χ1n) is 4.29. The number of hydrazine groups is 1. The zero-order valence-electron chi connectivity index (χ0n) is 8.85. The molecule has 1 aromatic rings. The molecule has 0 heterocycles. The Bertz CT molecular complexity index is 374. The predicted octanol–water partition coefficient (Wildman–Crippen LogP) is 1.60. The molecule has 0 radical (unpaired) electrons. The van der Waals surface area contributed by atoms with Crippen molar-refractivity contribution < 1.29 is 13.2 Å². The molecule has 0 unspecified atom stereocenters. The summed E-state index contributed by atoms with van der Waals surface area (Å²) in [5.74, 6) is 4.73. The number of carbonyl (C=O) groups is 1. The van der Waals surface area contributed by atoms with E-state index in [1.807, 2.05) is 0 Å². The maximum atomic E-state index is 11.4. The minimum absolute atomic E-state index is 0.353. The van der Waals surface area contributed by atoms with Gasteiger partial charge in [-0.3, -0.25) is 10.2 Å². The van der Waals surface area contributed by atoms with E-state index in [9.17, 15) is 4.79 Å². The van der Waals surface area contributed by atoms with E-state index in [-0.39, 0.29) is 5.91 Å². The van der Waals surface area contributed by atoms with Crippen LogP contribution in [0.4, 0.5) is 0 Å². The van der Waals surface area contributed by atoms with Gasteiger partial charge in [-0.2, -0.15) is 0 Å². The van der Waals surface area contributed by atoms with Crippen LogP contribution in [0.2, 0.25) is 0 Å². The first kappa shape index (κ1) is 13.3. The molecular formula is C9H12N2O3S2. The highest BCUT2D eigenvalue weighted by Gasteiger charge is 2.12. The molecule has 7 heteroatoms. The maximum absolute atomic E-state index is 11.4. The average molecular weight is 260 g/mol. The Kier molecular flexibility index (Phi) is 5.64. The van der Waals surface area contributed by atoms with Crippen molar-refractivity contribution in [3.63, 3.8) is 0 Å². The lowest BCUT2D eigenvalue weighted by molar-refractivity contribution is 0.0950. The van der Waals surface area contributed by atoms with Crippen LogP contribution < -0.4 is 11.3 Å². The monoisotopic (exact) mass is 260 g/mol. The van der Waals surface area contributed by atoms with Crippen LogP contribution in [0.25, 0.3) is 0 Å². The first-order valence-corrected chi connectivity index (χ1v) is 5.77. The highest BCUT2D eigenvalue weighted by atomic mass is 32.2. The van der Waals surface area contributed by atoms with Crippen LogP contribution in [-0.2, 0) is 8.37 Å². The maximum Gasteiger partial charge on any atom is 0.266 e. The fraction of sp³-hybridized carbons (Fsp3) is 0.222. The summed E-state index contributed by atoms with van der Waals surface area (Å²) in [5, 5.41) is 0. The van der Waals surface area contributed by atoms with Crippen molar-refractivity contribution in [1.29, 1.82) is 0 Å². The molecule has 5 nitrogen and oxygen atoms in total. The smallest absolute Gasteiger partial charge is 0.266 e. The number of hydrogen-bond acceptors (Lipinski definition) is 6. The SMILES string of the molecule is COSc1ccc(C(=O)NN)c(SOC)c1. The number of rotatable bonds is 5. The molecule has 0 fully saturated rings. The lowest BCUT2D eigenvalue weighted by Gasteiger charge is -2.08. The molecule has 0 aromatic heterocycles. The van der Waals surface area contributed by atoms with Gasteiger partial charge in [0.2, 0.25) is 0 Å². The Hall–Kier alpha value is -0.730. The Labute approximate surface area is 102 Å². The molecule has 0 atom stereocenters. The van der Waals surface area contributed by atoms with E-state index in [4.69, 9.17) is 14.2 Å². The fourth-order valence-corrected chi connectivity index (χ4v) is 2.24. The standard InChI is InChI=1S/C9H12N2O3S2/c1-13-15-6-3-4-7(9(12)11-10)8(5-6)16-14-2/h3-5H,10H2,1-2H3,(H,11,12). The minimum atomic E-state index is -0.353. The van der Waals surface area contributed by atoms with Gasteiger partial charge in [-0.25, -0.2) is 5.84 Å². The molecule has 0 bridgehead atoms. The van der Waals surface area contributed by atoms with Crippen molar-refractivity contribution in [2.24, 2.45) is 5.84 Å². The number of nitrogens with one attached hydrogen (secondary N) is 1. The van der Waals surface area contributed by atoms with E-state index in [2.05, 4.69) is 5.43 Å². The van der Waals surface area contributed by atoms with Crippen LogP contribution >= 0.6 is 24.1 Å². The molecule has 1 rings (SSSR count). The second-order valence-electron chi connectivity index (χ2n) is 2.63. The van der Waals surface area contributed by atoms with E-state index in [1.54, 1.807) is 25.3 Å². The summed E-state index contributed by atoms with van der Waals surface area (Å²) in [6.45, 7) is 0. The molecule has 0 saturated heterocycles. The van der Waals surface area contributed by atoms with Crippen molar-refractivity contribution in [2.45, 2.75) is 9.79 Å². The summed E-state index contributed by atoms with van der Waals surface area (Å²) in [7, 11) is 3.11. The quantitative estimate of drug-likeness (QED) is 0.362. The summed E-state index contributed by atoms with van der Waals surface area (Å²) in [4.78, 5) is 13.0. The van der Waals surface area contributed by atoms with Gasteiger partial charge >= 0.3 is 0 Å². The third kappa shape index (κ3) is 3.39. The second-order valence-corrected chi connectivity index (χ2v) is 4.54. The van der Waals surface area contributed by atoms with Gasteiger partial charge in [0.25, 0.3) is 5.91 Å². The molecule has 16 heavy (non-hydrogen) atoms. The number of carbonyl (C=O) groups excluding carboxylic acids is 1. The number of nitrogen functional groups attached to an aromatic ring is 1. The Morgan fingerprint density at radius 3 is 2.56 bits per heavy atom. The Morgan fingerprint density at radius 2 is 2.00 bits per heavy atom. The lowest BCUT2D eigenvalue weighted by atomic mass is 10.2. The van der Waals surface area contributed by atoms with Crippen molar-refractivity contribution in [2.75, 3.05) is 14.2 Å². The largest absolute Gasteiger partial charge is 0.314 e. The summed E-state index contributed by atoms with van der Waals surface area (Å²) in [6.07, 6.45) is 0. The predicted molar refractivity (Wildman–Crippen MR) is 63.8 cm³/mol. The topological polar surface area (TPSA) is 73.6 Å². The van der Waals surface area contributed by atoms with Crippen molar-refractivity contribution in [3.05, 3.63) is 23.8 Å². The molecule has 88 valence electrons. The van der Waals surface area contributed by atoms with Crippen LogP contribution in [0.3, 0.4) is 0 Å². The number of hydrogen-bond donors (Lipinski definition) is 2. The van der Waals surface area contributed by atoms with Gasteiger partial charge in [-0.1, -0.05) is 0 Å².